The molecule has 5 heteroatoms. The highest BCUT2D eigenvalue weighted by Crippen LogP contribution is 2.27. The molecule has 1 aliphatic heterocycles. The summed E-state index contributed by atoms with van der Waals surface area (Å²) in [5, 5.41) is 3.45. The average Bonchev–Trinajstić information content (AvgIpc) is 2.50. The van der Waals surface area contributed by atoms with Crippen molar-refractivity contribution in [3.63, 3.8) is 0 Å². The van der Waals surface area contributed by atoms with E-state index < -0.39 is 5.54 Å². The fourth-order valence-electron chi connectivity index (χ4n) is 2.82. The Bertz CT molecular complexity index is 295. The van der Waals surface area contributed by atoms with E-state index in [2.05, 4.69) is 31.0 Å². The standard InChI is InChI=1S/C15H30N2O3/c1-5-13-12-15(8-11-20-13,14(18)19-4)16-9-10-17(6-2)7-3/h13,16H,5-12H2,1-4H3. The lowest BCUT2D eigenvalue weighted by Crippen LogP contribution is -2.59. The van der Waals surface area contributed by atoms with Gasteiger partial charge in [-0.1, -0.05) is 20.8 Å². The minimum atomic E-state index is -0.569. The lowest BCUT2D eigenvalue weighted by atomic mass is 9.85. The van der Waals surface area contributed by atoms with Crippen molar-refractivity contribution in [2.24, 2.45) is 0 Å². The fourth-order valence-corrected chi connectivity index (χ4v) is 2.82. The summed E-state index contributed by atoms with van der Waals surface area (Å²) in [4.78, 5) is 14.6. The zero-order valence-corrected chi connectivity index (χ0v) is 13.4. The van der Waals surface area contributed by atoms with Crippen LogP contribution in [-0.2, 0) is 14.3 Å². The van der Waals surface area contributed by atoms with Crippen LogP contribution >= 0.6 is 0 Å². The SMILES string of the molecule is CCC1CC(NCCN(CC)CC)(C(=O)OC)CCO1. The number of ether oxygens (including phenoxy) is 2. The largest absolute Gasteiger partial charge is 0.468 e. The van der Waals surface area contributed by atoms with Crippen LogP contribution in [0.1, 0.15) is 40.0 Å². The van der Waals surface area contributed by atoms with E-state index in [-0.39, 0.29) is 12.1 Å². The van der Waals surface area contributed by atoms with E-state index in [1.807, 2.05) is 0 Å². The third-order valence-electron chi connectivity index (χ3n) is 4.28. The number of nitrogens with one attached hydrogen (secondary N) is 1. The summed E-state index contributed by atoms with van der Waals surface area (Å²) in [5.74, 6) is -0.154. The Hall–Kier alpha value is -0.650. The molecule has 0 bridgehead atoms. The Balaban J connectivity index is 2.62. The van der Waals surface area contributed by atoms with E-state index >= 15 is 0 Å². The first-order valence-corrected chi connectivity index (χ1v) is 7.79. The Morgan fingerprint density at radius 2 is 2.10 bits per heavy atom. The van der Waals surface area contributed by atoms with Crippen LogP contribution in [-0.4, -0.2) is 62.4 Å². The van der Waals surface area contributed by atoms with E-state index in [4.69, 9.17) is 9.47 Å². The van der Waals surface area contributed by atoms with Crippen LogP contribution < -0.4 is 5.32 Å². The number of carbonyl (C=O) groups excluding carboxylic acids is 1. The molecule has 1 heterocycles. The van der Waals surface area contributed by atoms with Gasteiger partial charge in [-0.05, 0) is 25.9 Å². The quantitative estimate of drug-likeness (QED) is 0.684. The first-order chi connectivity index (χ1) is 9.61. The molecule has 5 nitrogen and oxygen atoms in total. The molecule has 0 spiro atoms. The Morgan fingerprint density at radius 3 is 2.65 bits per heavy atom. The van der Waals surface area contributed by atoms with Gasteiger partial charge < -0.3 is 19.7 Å². The van der Waals surface area contributed by atoms with Gasteiger partial charge in [-0.3, -0.25) is 4.79 Å². The highest BCUT2D eigenvalue weighted by molar-refractivity contribution is 5.81. The molecule has 20 heavy (non-hydrogen) atoms. The molecule has 0 aromatic carbocycles. The van der Waals surface area contributed by atoms with Gasteiger partial charge in [0.15, 0.2) is 0 Å². The molecule has 2 atom stereocenters. The van der Waals surface area contributed by atoms with Crippen LogP contribution in [0.4, 0.5) is 0 Å². The first kappa shape index (κ1) is 17.4. The minimum absolute atomic E-state index is 0.142. The molecular formula is C15H30N2O3. The van der Waals surface area contributed by atoms with Crippen molar-refractivity contribution < 1.29 is 14.3 Å². The number of esters is 1. The molecule has 118 valence electrons. The molecule has 1 N–H and O–H groups in total. The summed E-state index contributed by atoms with van der Waals surface area (Å²) in [7, 11) is 1.46. The van der Waals surface area contributed by atoms with E-state index in [9.17, 15) is 4.79 Å². The summed E-state index contributed by atoms with van der Waals surface area (Å²) in [6, 6.07) is 0. The summed E-state index contributed by atoms with van der Waals surface area (Å²) in [6.45, 7) is 10.8. The first-order valence-electron chi connectivity index (χ1n) is 7.79. The Labute approximate surface area is 123 Å². The zero-order chi connectivity index (χ0) is 15.0. The van der Waals surface area contributed by atoms with Crippen molar-refractivity contribution >= 4 is 5.97 Å². The number of nitrogens with zero attached hydrogens (tertiary/aromatic N) is 1. The van der Waals surface area contributed by atoms with Crippen LogP contribution in [0.25, 0.3) is 0 Å². The molecule has 0 saturated carbocycles. The zero-order valence-electron chi connectivity index (χ0n) is 13.4. The molecule has 0 radical (unpaired) electrons. The molecule has 0 aromatic heterocycles. The number of hydrogen-bond donors (Lipinski definition) is 1. The van der Waals surface area contributed by atoms with Crippen LogP contribution in [0.3, 0.4) is 0 Å². The van der Waals surface area contributed by atoms with Crippen LogP contribution in [0.2, 0.25) is 0 Å². The van der Waals surface area contributed by atoms with Crippen molar-refractivity contribution in [1.82, 2.24) is 10.2 Å². The summed E-state index contributed by atoms with van der Waals surface area (Å²) >= 11 is 0. The number of likely N-dealkylation sites (N-methyl/N-ethyl adjacent to an activating group) is 1. The van der Waals surface area contributed by atoms with Gasteiger partial charge in [0.25, 0.3) is 0 Å². The van der Waals surface area contributed by atoms with Gasteiger partial charge in [-0.2, -0.15) is 0 Å². The normalized spacial score (nSPS) is 26.8. The second kappa shape index (κ2) is 8.60. The van der Waals surface area contributed by atoms with E-state index in [1.165, 1.54) is 7.11 Å². The smallest absolute Gasteiger partial charge is 0.326 e. The molecule has 0 amide bonds. The maximum Gasteiger partial charge on any atom is 0.326 e. The minimum Gasteiger partial charge on any atom is -0.468 e. The maximum atomic E-state index is 12.2. The number of methoxy groups -OCH3 is 1. The summed E-state index contributed by atoms with van der Waals surface area (Å²) in [5.41, 5.74) is -0.569. The maximum absolute atomic E-state index is 12.2. The molecule has 0 aliphatic carbocycles. The van der Waals surface area contributed by atoms with Crippen LogP contribution in [0.5, 0.6) is 0 Å². The lowest BCUT2D eigenvalue weighted by molar-refractivity contribution is -0.156. The fraction of sp³-hybridized carbons (Fsp3) is 0.933. The molecule has 1 fully saturated rings. The number of hydrogen-bond acceptors (Lipinski definition) is 5. The molecular weight excluding hydrogens is 256 g/mol. The summed E-state index contributed by atoms with van der Waals surface area (Å²) in [6.07, 6.45) is 2.46. The molecule has 1 saturated heterocycles. The van der Waals surface area contributed by atoms with Gasteiger partial charge in [0.1, 0.15) is 5.54 Å². The van der Waals surface area contributed by atoms with Gasteiger partial charge in [0.2, 0.25) is 0 Å². The number of rotatable bonds is 8. The van der Waals surface area contributed by atoms with Gasteiger partial charge >= 0.3 is 5.97 Å². The van der Waals surface area contributed by atoms with Crippen molar-refractivity contribution in [2.75, 3.05) is 39.9 Å². The molecule has 1 rings (SSSR count). The second-order valence-corrected chi connectivity index (χ2v) is 5.38. The predicted molar refractivity (Wildman–Crippen MR) is 79.8 cm³/mol. The Morgan fingerprint density at radius 1 is 1.40 bits per heavy atom. The van der Waals surface area contributed by atoms with E-state index in [0.717, 1.165) is 32.6 Å². The third kappa shape index (κ3) is 4.43. The topological polar surface area (TPSA) is 50.8 Å². The number of carbonyl (C=O) groups is 1. The van der Waals surface area contributed by atoms with E-state index in [0.29, 0.717) is 19.4 Å². The van der Waals surface area contributed by atoms with Crippen LogP contribution in [0, 0.1) is 0 Å². The average molecular weight is 286 g/mol. The van der Waals surface area contributed by atoms with Crippen molar-refractivity contribution in [2.45, 2.75) is 51.7 Å². The van der Waals surface area contributed by atoms with Gasteiger partial charge in [-0.15, -0.1) is 0 Å². The van der Waals surface area contributed by atoms with Gasteiger partial charge in [0, 0.05) is 26.1 Å². The highest BCUT2D eigenvalue weighted by Gasteiger charge is 2.43. The lowest BCUT2D eigenvalue weighted by Gasteiger charge is -2.39. The summed E-state index contributed by atoms with van der Waals surface area (Å²) < 4.78 is 10.7. The van der Waals surface area contributed by atoms with Crippen molar-refractivity contribution in [3.05, 3.63) is 0 Å². The van der Waals surface area contributed by atoms with Crippen molar-refractivity contribution in [1.29, 1.82) is 0 Å². The molecule has 1 aliphatic rings. The van der Waals surface area contributed by atoms with Crippen LogP contribution in [0.15, 0.2) is 0 Å². The van der Waals surface area contributed by atoms with E-state index in [1.54, 1.807) is 0 Å². The Kier molecular flexibility index (Phi) is 7.48. The third-order valence-corrected chi connectivity index (χ3v) is 4.28. The second-order valence-electron chi connectivity index (χ2n) is 5.38. The molecule has 2 unspecified atom stereocenters. The van der Waals surface area contributed by atoms with Gasteiger partial charge in [0.05, 0.1) is 13.2 Å². The molecule has 0 aromatic rings. The van der Waals surface area contributed by atoms with Gasteiger partial charge in [-0.25, -0.2) is 0 Å². The highest BCUT2D eigenvalue weighted by atomic mass is 16.5. The predicted octanol–water partition coefficient (Wildman–Crippen LogP) is 1.42. The van der Waals surface area contributed by atoms with Crippen molar-refractivity contribution in [3.8, 4) is 0 Å². The monoisotopic (exact) mass is 286 g/mol.